The Bertz CT molecular complexity index is 451. The minimum atomic E-state index is -0.884. The maximum absolute atomic E-state index is 10.4. The molecule has 2 rings (SSSR count). The van der Waals surface area contributed by atoms with Gasteiger partial charge in [-0.1, -0.05) is 12.3 Å². The average Bonchev–Trinajstić information content (AvgIpc) is 2.38. The molecule has 0 amide bonds. The number of nitrogens with zero attached hydrogens (tertiary/aromatic N) is 2. The van der Waals surface area contributed by atoms with E-state index in [1.807, 2.05) is 0 Å². The highest BCUT2D eigenvalue weighted by molar-refractivity contribution is 5.73. The van der Waals surface area contributed by atoms with Gasteiger partial charge in [0, 0.05) is 12.4 Å². The molecule has 0 radical (unpaired) electrons. The largest absolute Gasteiger partial charge is 0.378 e. The summed E-state index contributed by atoms with van der Waals surface area (Å²) in [6, 6.07) is 0. The van der Waals surface area contributed by atoms with E-state index in [0.29, 0.717) is 30.5 Å². The summed E-state index contributed by atoms with van der Waals surface area (Å²) in [5, 5.41) is 10.1. The first kappa shape index (κ1) is 11.7. The lowest BCUT2D eigenvalue weighted by atomic mass is 9.85. The van der Waals surface area contributed by atoms with Crippen LogP contribution >= 0.6 is 0 Å². The van der Waals surface area contributed by atoms with Crippen LogP contribution in [0.15, 0.2) is 12.4 Å². The molecule has 1 N–H and O–H groups in total. The van der Waals surface area contributed by atoms with Crippen LogP contribution in [-0.2, 0) is 0 Å². The first-order valence-corrected chi connectivity index (χ1v) is 5.75. The number of aliphatic hydroxyl groups is 1. The Morgan fingerprint density at radius 3 is 2.47 bits per heavy atom. The molecule has 0 aromatic carbocycles. The van der Waals surface area contributed by atoms with Crippen molar-refractivity contribution in [1.82, 2.24) is 9.97 Å². The molecule has 1 aromatic heterocycles. The van der Waals surface area contributed by atoms with E-state index < -0.39 is 5.60 Å². The van der Waals surface area contributed by atoms with E-state index in [0.717, 1.165) is 19.3 Å². The zero-order chi connectivity index (χ0) is 12.1. The second kappa shape index (κ2) is 5.07. The van der Waals surface area contributed by atoms with Crippen LogP contribution in [0, 0.1) is 11.8 Å². The molecule has 88 valence electrons. The summed E-state index contributed by atoms with van der Waals surface area (Å²) in [5.41, 5.74) is -0.461. The quantitative estimate of drug-likeness (QED) is 0.584. The molecule has 0 bridgehead atoms. The van der Waals surface area contributed by atoms with Crippen LogP contribution in [0.2, 0.25) is 0 Å². The van der Waals surface area contributed by atoms with Crippen LogP contribution in [0.25, 0.3) is 0 Å². The summed E-state index contributed by atoms with van der Waals surface area (Å²) < 4.78 is 0. The van der Waals surface area contributed by atoms with Crippen LogP contribution in [0.1, 0.15) is 48.3 Å². The lowest BCUT2D eigenvalue weighted by Gasteiger charge is -2.26. The molecule has 0 atom stereocenters. The summed E-state index contributed by atoms with van der Waals surface area (Å²) in [6.45, 7) is 0. The molecule has 1 aromatic rings. The van der Waals surface area contributed by atoms with Gasteiger partial charge in [-0.25, -0.2) is 9.97 Å². The Labute approximate surface area is 100 Å². The third kappa shape index (κ3) is 3.11. The molecule has 17 heavy (non-hydrogen) atoms. The Balaban J connectivity index is 2.11. The van der Waals surface area contributed by atoms with Crippen molar-refractivity contribution < 1.29 is 9.90 Å². The highest BCUT2D eigenvalue weighted by Crippen LogP contribution is 2.27. The normalized spacial score (nSPS) is 17.9. The number of carbonyl (C=O) groups is 1. The van der Waals surface area contributed by atoms with Gasteiger partial charge < -0.3 is 5.11 Å². The van der Waals surface area contributed by atoms with Crippen LogP contribution in [-0.4, -0.2) is 27.0 Å². The topological polar surface area (TPSA) is 63.1 Å². The number of carbonyl (C=O) groups excluding carboxylic acids is 1. The molecular formula is C13H14N2O2. The van der Waals surface area contributed by atoms with E-state index in [1.165, 1.54) is 12.4 Å². The second-order valence-electron chi connectivity index (χ2n) is 4.30. The zero-order valence-corrected chi connectivity index (χ0v) is 9.52. The van der Waals surface area contributed by atoms with E-state index in [9.17, 15) is 9.90 Å². The molecule has 1 aliphatic carbocycles. The van der Waals surface area contributed by atoms with Gasteiger partial charge in [0.1, 0.15) is 5.60 Å². The van der Waals surface area contributed by atoms with Crippen LogP contribution < -0.4 is 0 Å². The monoisotopic (exact) mass is 230 g/mol. The molecular weight excluding hydrogens is 216 g/mol. The number of aromatic nitrogens is 2. The molecule has 1 fully saturated rings. The Kier molecular flexibility index (Phi) is 3.50. The first-order valence-electron chi connectivity index (χ1n) is 5.75. The fourth-order valence-corrected chi connectivity index (χ4v) is 1.90. The van der Waals surface area contributed by atoms with Gasteiger partial charge in [0.25, 0.3) is 0 Å². The molecule has 1 aliphatic rings. The maximum atomic E-state index is 10.4. The number of aldehydes is 1. The van der Waals surface area contributed by atoms with Crippen LogP contribution in [0.4, 0.5) is 0 Å². The van der Waals surface area contributed by atoms with E-state index in [4.69, 9.17) is 0 Å². The first-order chi connectivity index (χ1) is 8.22. The van der Waals surface area contributed by atoms with Crippen molar-refractivity contribution in [2.45, 2.75) is 37.7 Å². The minimum absolute atomic E-state index is 0.342. The molecule has 1 saturated carbocycles. The van der Waals surface area contributed by atoms with E-state index in [-0.39, 0.29) is 0 Å². The summed E-state index contributed by atoms with van der Waals surface area (Å²) in [6.07, 6.45) is 8.15. The maximum Gasteiger partial charge on any atom is 0.204 e. The number of hydrogen-bond donors (Lipinski definition) is 1. The fraction of sp³-hybridized carbons (Fsp3) is 0.462. The number of rotatable bonds is 1. The van der Waals surface area contributed by atoms with Gasteiger partial charge in [0.15, 0.2) is 6.29 Å². The molecule has 0 aliphatic heterocycles. The molecule has 0 unspecified atom stereocenters. The predicted octanol–water partition coefficient (Wildman–Crippen LogP) is 1.34. The summed E-state index contributed by atoms with van der Waals surface area (Å²) >= 11 is 0. The number of hydrogen-bond acceptors (Lipinski definition) is 4. The van der Waals surface area contributed by atoms with Crippen molar-refractivity contribution in [2.75, 3.05) is 0 Å². The van der Waals surface area contributed by atoms with Gasteiger partial charge in [-0.2, -0.15) is 0 Å². The molecule has 4 heteroatoms. The van der Waals surface area contributed by atoms with Crippen molar-refractivity contribution in [3.05, 3.63) is 23.8 Å². The van der Waals surface area contributed by atoms with Crippen LogP contribution in [0.3, 0.4) is 0 Å². The highest BCUT2D eigenvalue weighted by atomic mass is 16.3. The van der Waals surface area contributed by atoms with Crippen molar-refractivity contribution in [1.29, 1.82) is 0 Å². The lowest BCUT2D eigenvalue weighted by molar-refractivity contribution is 0.0610. The molecule has 1 heterocycles. The smallest absolute Gasteiger partial charge is 0.204 e. The summed E-state index contributed by atoms with van der Waals surface area (Å²) in [5.74, 6) is 5.95. The van der Waals surface area contributed by atoms with Gasteiger partial charge in [-0.3, -0.25) is 4.79 Å². The standard InChI is InChI=1S/C13H14N2O2/c16-10-11-8-14-12(15-9-11)4-7-13(17)5-2-1-3-6-13/h8-10,17H,1-3,5-6H2. The Hall–Kier alpha value is -1.73. The van der Waals surface area contributed by atoms with E-state index >= 15 is 0 Å². The van der Waals surface area contributed by atoms with Crippen molar-refractivity contribution >= 4 is 6.29 Å². The average molecular weight is 230 g/mol. The Morgan fingerprint density at radius 1 is 1.24 bits per heavy atom. The van der Waals surface area contributed by atoms with Gasteiger partial charge in [0.05, 0.1) is 5.56 Å². The Morgan fingerprint density at radius 2 is 1.88 bits per heavy atom. The fourth-order valence-electron chi connectivity index (χ4n) is 1.90. The molecule has 4 nitrogen and oxygen atoms in total. The van der Waals surface area contributed by atoms with E-state index in [2.05, 4.69) is 21.8 Å². The predicted molar refractivity (Wildman–Crippen MR) is 62.3 cm³/mol. The van der Waals surface area contributed by atoms with Gasteiger partial charge in [-0.15, -0.1) is 0 Å². The van der Waals surface area contributed by atoms with Gasteiger partial charge >= 0.3 is 0 Å². The molecule has 0 spiro atoms. The SMILES string of the molecule is O=Cc1cnc(C#CC2(O)CCCCC2)nc1. The lowest BCUT2D eigenvalue weighted by Crippen LogP contribution is -2.29. The van der Waals surface area contributed by atoms with Gasteiger partial charge in [0.2, 0.25) is 5.82 Å². The van der Waals surface area contributed by atoms with E-state index in [1.54, 1.807) is 0 Å². The zero-order valence-electron chi connectivity index (χ0n) is 9.52. The summed E-state index contributed by atoms with van der Waals surface area (Å²) in [4.78, 5) is 18.3. The van der Waals surface area contributed by atoms with Crippen molar-refractivity contribution in [3.8, 4) is 11.8 Å². The third-order valence-electron chi connectivity index (χ3n) is 2.90. The van der Waals surface area contributed by atoms with Crippen molar-refractivity contribution in [3.63, 3.8) is 0 Å². The second-order valence-corrected chi connectivity index (χ2v) is 4.30. The minimum Gasteiger partial charge on any atom is -0.378 e. The molecule has 0 saturated heterocycles. The van der Waals surface area contributed by atoms with Crippen LogP contribution in [0.5, 0.6) is 0 Å². The summed E-state index contributed by atoms with van der Waals surface area (Å²) in [7, 11) is 0. The highest BCUT2D eigenvalue weighted by Gasteiger charge is 2.26. The van der Waals surface area contributed by atoms with Crippen molar-refractivity contribution in [2.24, 2.45) is 0 Å². The third-order valence-corrected chi connectivity index (χ3v) is 2.90. The van der Waals surface area contributed by atoms with Gasteiger partial charge in [-0.05, 0) is 31.6 Å².